The van der Waals surface area contributed by atoms with E-state index in [1.165, 1.54) is 18.5 Å². The third kappa shape index (κ3) is 2.68. The predicted octanol–water partition coefficient (Wildman–Crippen LogP) is 3.82. The van der Waals surface area contributed by atoms with E-state index < -0.39 is 5.82 Å². The van der Waals surface area contributed by atoms with E-state index >= 15 is 0 Å². The van der Waals surface area contributed by atoms with Crippen molar-refractivity contribution in [3.05, 3.63) is 46.0 Å². The average molecular weight is 304 g/mol. The van der Waals surface area contributed by atoms with Crippen molar-refractivity contribution in [3.8, 4) is 11.6 Å². The molecule has 0 fully saturated rings. The summed E-state index contributed by atoms with van der Waals surface area (Å²) >= 11 is 8.70. The Morgan fingerprint density at radius 3 is 2.75 bits per heavy atom. The van der Waals surface area contributed by atoms with E-state index in [4.69, 9.17) is 16.3 Å². The Balaban J connectivity index is 2.24. The Bertz CT molecular complexity index is 524. The minimum Gasteiger partial charge on any atom is -0.439 e. The fourth-order valence-corrected chi connectivity index (χ4v) is 1.42. The van der Waals surface area contributed by atoms with Crippen molar-refractivity contribution in [1.82, 2.24) is 9.97 Å². The highest BCUT2D eigenvalue weighted by molar-refractivity contribution is 9.10. The van der Waals surface area contributed by atoms with Crippen molar-refractivity contribution in [3.63, 3.8) is 0 Å². The first-order valence-corrected chi connectivity index (χ1v) is 5.43. The van der Waals surface area contributed by atoms with Crippen LogP contribution in [-0.2, 0) is 0 Å². The molecule has 0 saturated carbocycles. The number of ether oxygens (including phenoxy) is 1. The van der Waals surface area contributed by atoms with Gasteiger partial charge in [0.1, 0.15) is 23.0 Å². The second kappa shape index (κ2) is 4.76. The highest BCUT2D eigenvalue weighted by atomic mass is 79.9. The van der Waals surface area contributed by atoms with Gasteiger partial charge in [-0.2, -0.15) is 0 Å². The maximum atomic E-state index is 13.2. The molecule has 3 nitrogen and oxygen atoms in total. The first kappa shape index (κ1) is 11.3. The van der Waals surface area contributed by atoms with Gasteiger partial charge in [-0.05, 0) is 28.1 Å². The number of hydrogen-bond donors (Lipinski definition) is 0. The normalized spacial score (nSPS) is 10.2. The monoisotopic (exact) mass is 302 g/mol. The molecule has 0 aliphatic heterocycles. The van der Waals surface area contributed by atoms with Crippen LogP contribution in [-0.4, -0.2) is 9.97 Å². The molecule has 1 aromatic carbocycles. The van der Waals surface area contributed by atoms with E-state index in [0.717, 1.165) is 0 Å². The van der Waals surface area contributed by atoms with Gasteiger partial charge in [0.15, 0.2) is 0 Å². The summed E-state index contributed by atoms with van der Waals surface area (Å²) in [5, 5.41) is 0.266. The van der Waals surface area contributed by atoms with Gasteiger partial charge in [0.2, 0.25) is 5.88 Å². The molecule has 16 heavy (non-hydrogen) atoms. The first-order chi connectivity index (χ1) is 7.65. The largest absolute Gasteiger partial charge is 0.439 e. The lowest BCUT2D eigenvalue weighted by atomic mass is 10.3. The van der Waals surface area contributed by atoms with Gasteiger partial charge in [-0.15, -0.1) is 0 Å². The van der Waals surface area contributed by atoms with Crippen molar-refractivity contribution in [2.24, 2.45) is 0 Å². The summed E-state index contributed by atoms with van der Waals surface area (Å²) in [4.78, 5) is 7.54. The van der Waals surface area contributed by atoms with Gasteiger partial charge in [0.05, 0.1) is 4.47 Å². The van der Waals surface area contributed by atoms with Crippen LogP contribution < -0.4 is 4.74 Å². The van der Waals surface area contributed by atoms with Crippen molar-refractivity contribution in [1.29, 1.82) is 0 Å². The van der Waals surface area contributed by atoms with Gasteiger partial charge in [0.25, 0.3) is 0 Å². The van der Waals surface area contributed by atoms with Crippen LogP contribution in [0.2, 0.25) is 5.15 Å². The predicted molar refractivity (Wildman–Crippen MR) is 61.2 cm³/mol. The third-order valence-corrected chi connectivity index (χ3v) is 2.57. The van der Waals surface area contributed by atoms with E-state index in [1.807, 2.05) is 0 Å². The van der Waals surface area contributed by atoms with Crippen LogP contribution in [0.1, 0.15) is 0 Å². The zero-order chi connectivity index (χ0) is 11.5. The summed E-state index contributed by atoms with van der Waals surface area (Å²) in [6, 6.07) is 5.86. The first-order valence-electron chi connectivity index (χ1n) is 4.25. The Kier molecular flexibility index (Phi) is 3.36. The topological polar surface area (TPSA) is 35.0 Å². The summed E-state index contributed by atoms with van der Waals surface area (Å²) < 4.78 is 18.8. The Hall–Kier alpha value is -1.20. The van der Waals surface area contributed by atoms with E-state index in [9.17, 15) is 4.39 Å². The molecule has 0 bridgehead atoms. The van der Waals surface area contributed by atoms with Crippen LogP contribution >= 0.6 is 27.5 Å². The lowest BCUT2D eigenvalue weighted by Crippen LogP contribution is -1.89. The summed E-state index contributed by atoms with van der Waals surface area (Å²) in [5.74, 6) is 0.204. The molecule has 1 aromatic heterocycles. The van der Waals surface area contributed by atoms with Gasteiger partial charge >= 0.3 is 0 Å². The maximum Gasteiger partial charge on any atom is 0.223 e. The highest BCUT2D eigenvalue weighted by Crippen LogP contribution is 2.25. The number of halogens is 3. The minimum absolute atomic E-state index is 0.265. The molecule has 0 radical (unpaired) electrons. The van der Waals surface area contributed by atoms with Crippen molar-refractivity contribution in [2.45, 2.75) is 0 Å². The van der Waals surface area contributed by atoms with E-state index in [1.54, 1.807) is 12.1 Å². The summed E-state index contributed by atoms with van der Waals surface area (Å²) in [7, 11) is 0. The quantitative estimate of drug-likeness (QED) is 0.791. The van der Waals surface area contributed by atoms with Crippen LogP contribution in [0.15, 0.2) is 35.1 Å². The summed E-state index contributed by atoms with van der Waals surface area (Å²) in [6.45, 7) is 0. The van der Waals surface area contributed by atoms with Crippen LogP contribution in [0.25, 0.3) is 0 Å². The number of nitrogens with zero attached hydrogens (tertiary/aromatic N) is 2. The van der Waals surface area contributed by atoms with Crippen molar-refractivity contribution in [2.75, 3.05) is 0 Å². The molecule has 0 amide bonds. The second-order valence-electron chi connectivity index (χ2n) is 2.86. The molecule has 6 heteroatoms. The molecule has 2 rings (SSSR count). The standard InChI is InChI=1S/C10H5BrClFN2O/c11-7-2-1-6(3-8(7)13)16-10-4-9(12)14-5-15-10/h1-5H. The Labute approximate surface area is 104 Å². The van der Waals surface area contributed by atoms with E-state index in [-0.39, 0.29) is 11.0 Å². The average Bonchev–Trinajstić information content (AvgIpc) is 2.24. The molecule has 0 N–H and O–H groups in total. The number of benzene rings is 1. The molecule has 0 aliphatic rings. The lowest BCUT2D eigenvalue weighted by molar-refractivity contribution is 0.456. The van der Waals surface area contributed by atoms with Crippen LogP contribution in [0.4, 0.5) is 4.39 Å². The van der Waals surface area contributed by atoms with Gasteiger partial charge in [-0.1, -0.05) is 11.6 Å². The van der Waals surface area contributed by atoms with Crippen LogP contribution in [0.5, 0.6) is 11.6 Å². The third-order valence-electron chi connectivity index (χ3n) is 1.72. The van der Waals surface area contributed by atoms with E-state index in [2.05, 4.69) is 25.9 Å². The second-order valence-corrected chi connectivity index (χ2v) is 4.10. The Morgan fingerprint density at radius 1 is 1.25 bits per heavy atom. The minimum atomic E-state index is -0.405. The smallest absolute Gasteiger partial charge is 0.223 e. The molecule has 0 unspecified atom stereocenters. The lowest BCUT2D eigenvalue weighted by Gasteiger charge is -2.04. The fourth-order valence-electron chi connectivity index (χ4n) is 1.03. The SMILES string of the molecule is Fc1cc(Oc2cc(Cl)ncn2)ccc1Br. The number of hydrogen-bond acceptors (Lipinski definition) is 3. The summed E-state index contributed by atoms with van der Waals surface area (Å²) in [5.41, 5.74) is 0. The van der Waals surface area contributed by atoms with Crippen molar-refractivity contribution < 1.29 is 9.13 Å². The number of aromatic nitrogens is 2. The maximum absolute atomic E-state index is 13.2. The molecule has 2 aromatic rings. The highest BCUT2D eigenvalue weighted by Gasteiger charge is 2.04. The molecule has 82 valence electrons. The molecule has 1 heterocycles. The fraction of sp³-hybridized carbons (Fsp3) is 0. The zero-order valence-corrected chi connectivity index (χ0v) is 10.2. The molecule has 0 saturated heterocycles. The number of rotatable bonds is 2. The van der Waals surface area contributed by atoms with Crippen molar-refractivity contribution >= 4 is 27.5 Å². The van der Waals surface area contributed by atoms with Crippen LogP contribution in [0.3, 0.4) is 0 Å². The molecular weight excluding hydrogens is 298 g/mol. The van der Waals surface area contributed by atoms with Gasteiger partial charge in [-0.3, -0.25) is 0 Å². The molecule has 0 spiro atoms. The van der Waals surface area contributed by atoms with Crippen LogP contribution in [0, 0.1) is 5.82 Å². The molecule has 0 aliphatic carbocycles. The van der Waals surface area contributed by atoms with Gasteiger partial charge in [-0.25, -0.2) is 14.4 Å². The molecular formula is C10H5BrClFN2O. The van der Waals surface area contributed by atoms with Gasteiger partial charge in [0, 0.05) is 12.1 Å². The van der Waals surface area contributed by atoms with E-state index in [0.29, 0.717) is 10.2 Å². The molecule has 0 atom stereocenters. The van der Waals surface area contributed by atoms with Gasteiger partial charge < -0.3 is 4.74 Å². The zero-order valence-electron chi connectivity index (χ0n) is 7.82. The summed E-state index contributed by atoms with van der Waals surface area (Å²) in [6.07, 6.45) is 1.27. The Morgan fingerprint density at radius 2 is 2.06 bits per heavy atom.